The van der Waals surface area contributed by atoms with Crippen molar-refractivity contribution in [3.63, 3.8) is 0 Å². The number of rotatable bonds is 2. The summed E-state index contributed by atoms with van der Waals surface area (Å²) in [7, 11) is -3.48. The molecular weight excluding hydrogens is 290 g/mol. The molecule has 2 aromatic carbocycles. The van der Waals surface area contributed by atoms with Crippen LogP contribution in [0.5, 0.6) is 0 Å². The lowest BCUT2D eigenvalue weighted by Gasteiger charge is -2.09. The average molecular weight is 301 g/mol. The Hall–Kier alpha value is -2.54. The zero-order valence-corrected chi connectivity index (χ0v) is 11.9. The van der Waals surface area contributed by atoms with Crippen LogP contribution in [0.25, 0.3) is 16.6 Å². The highest BCUT2D eigenvalue weighted by molar-refractivity contribution is 7.90. The van der Waals surface area contributed by atoms with E-state index in [0.29, 0.717) is 10.9 Å². The largest absolute Gasteiger partial charge is 0.282 e. The van der Waals surface area contributed by atoms with Crippen molar-refractivity contribution in [2.75, 3.05) is 6.26 Å². The fourth-order valence-corrected chi connectivity index (χ4v) is 2.95. The van der Waals surface area contributed by atoms with Crippen molar-refractivity contribution >= 4 is 20.7 Å². The van der Waals surface area contributed by atoms with Crippen molar-refractivity contribution in [1.82, 2.24) is 15.0 Å². The van der Waals surface area contributed by atoms with Crippen LogP contribution in [0.4, 0.5) is 0 Å². The molecule has 7 heteroatoms. The molecule has 106 valence electrons. The van der Waals surface area contributed by atoms with Crippen molar-refractivity contribution in [3.05, 3.63) is 58.9 Å². The van der Waals surface area contributed by atoms with E-state index in [1.165, 1.54) is 12.1 Å². The fraction of sp³-hybridized carbons (Fsp3) is 0.0714. The molecule has 0 bridgehead atoms. The first-order valence-corrected chi connectivity index (χ1v) is 8.02. The van der Waals surface area contributed by atoms with Crippen molar-refractivity contribution < 1.29 is 8.42 Å². The smallest absolute Gasteiger partial charge is 0.267 e. The number of nitrogens with zero attached hydrogens (tertiary/aromatic N) is 3. The van der Waals surface area contributed by atoms with Crippen LogP contribution < -0.4 is 5.56 Å². The lowest BCUT2D eigenvalue weighted by Crippen LogP contribution is -2.24. The molecule has 0 aliphatic heterocycles. The molecule has 1 aromatic heterocycles. The zero-order chi connectivity index (χ0) is 15.0. The first-order chi connectivity index (χ1) is 9.98. The second kappa shape index (κ2) is 4.78. The normalized spacial score (nSPS) is 11.7. The predicted octanol–water partition coefficient (Wildman–Crippen LogP) is 1.18. The third-order valence-electron chi connectivity index (χ3n) is 3.06. The van der Waals surface area contributed by atoms with Gasteiger partial charge in [0.1, 0.15) is 5.52 Å². The second-order valence-electron chi connectivity index (χ2n) is 4.56. The molecule has 3 rings (SSSR count). The van der Waals surface area contributed by atoms with E-state index in [2.05, 4.69) is 10.3 Å². The van der Waals surface area contributed by atoms with Gasteiger partial charge in [-0.2, -0.15) is 4.68 Å². The highest BCUT2D eigenvalue weighted by atomic mass is 32.2. The Morgan fingerprint density at radius 3 is 2.43 bits per heavy atom. The van der Waals surface area contributed by atoms with E-state index < -0.39 is 15.4 Å². The van der Waals surface area contributed by atoms with Crippen LogP contribution in [-0.2, 0) is 9.84 Å². The molecule has 0 spiro atoms. The van der Waals surface area contributed by atoms with Crippen molar-refractivity contribution in [2.24, 2.45) is 0 Å². The summed E-state index contributed by atoms with van der Waals surface area (Å²) in [6.07, 6.45) is 1.09. The minimum atomic E-state index is -3.48. The van der Waals surface area contributed by atoms with E-state index in [0.717, 1.165) is 10.9 Å². The van der Waals surface area contributed by atoms with E-state index in [1.807, 2.05) is 0 Å². The molecule has 0 aliphatic carbocycles. The Kier molecular flexibility index (Phi) is 3.06. The monoisotopic (exact) mass is 301 g/mol. The van der Waals surface area contributed by atoms with Gasteiger partial charge in [0.15, 0.2) is 9.84 Å². The molecule has 0 aliphatic rings. The van der Waals surface area contributed by atoms with Gasteiger partial charge >= 0.3 is 0 Å². The van der Waals surface area contributed by atoms with Crippen LogP contribution in [0.2, 0.25) is 0 Å². The summed E-state index contributed by atoms with van der Waals surface area (Å²) in [6, 6.07) is 13.0. The minimum absolute atomic E-state index is 0.0386. The van der Waals surface area contributed by atoms with Crippen molar-refractivity contribution in [3.8, 4) is 5.69 Å². The summed E-state index contributed by atoms with van der Waals surface area (Å²) in [5, 5.41) is 8.19. The summed E-state index contributed by atoms with van der Waals surface area (Å²) >= 11 is 0. The van der Waals surface area contributed by atoms with Crippen LogP contribution in [0.3, 0.4) is 0 Å². The molecule has 3 aromatic rings. The summed E-state index contributed by atoms with van der Waals surface area (Å²) < 4.78 is 24.7. The Morgan fingerprint density at radius 1 is 1.00 bits per heavy atom. The maximum absolute atomic E-state index is 12.5. The number of para-hydroxylation sites is 1. The third-order valence-corrected chi connectivity index (χ3v) is 4.21. The summed E-state index contributed by atoms with van der Waals surface area (Å²) in [4.78, 5) is 12.5. The number of fused-ring (bicyclic) bond motifs is 1. The van der Waals surface area contributed by atoms with E-state index in [1.54, 1.807) is 36.4 Å². The van der Waals surface area contributed by atoms with Gasteiger partial charge in [0.25, 0.3) is 5.56 Å². The molecule has 0 saturated heterocycles. The van der Waals surface area contributed by atoms with Crippen LogP contribution in [-0.4, -0.2) is 29.7 Å². The highest BCUT2D eigenvalue weighted by Crippen LogP contribution is 2.18. The third kappa shape index (κ3) is 2.31. The van der Waals surface area contributed by atoms with Crippen LogP contribution in [0, 0.1) is 0 Å². The molecule has 0 amide bonds. The van der Waals surface area contributed by atoms with E-state index in [4.69, 9.17) is 0 Å². The van der Waals surface area contributed by atoms with Crippen LogP contribution >= 0.6 is 0 Å². The van der Waals surface area contributed by atoms with Gasteiger partial charge in [-0.15, -0.1) is 5.10 Å². The molecule has 0 radical (unpaired) electrons. The number of aromatic nitrogens is 3. The fourth-order valence-electron chi connectivity index (χ4n) is 2.09. The van der Waals surface area contributed by atoms with Gasteiger partial charge in [-0.25, -0.2) is 8.42 Å². The average Bonchev–Trinajstić information content (AvgIpc) is 2.47. The Balaban J connectivity index is 2.38. The maximum atomic E-state index is 12.5. The number of hydrogen-bond donors (Lipinski definition) is 0. The molecule has 1 heterocycles. The van der Waals surface area contributed by atoms with Gasteiger partial charge in [-0.05, 0) is 24.3 Å². The number of benzene rings is 2. The molecule has 0 unspecified atom stereocenters. The first-order valence-electron chi connectivity index (χ1n) is 6.13. The van der Waals surface area contributed by atoms with Gasteiger partial charge < -0.3 is 0 Å². The van der Waals surface area contributed by atoms with Crippen LogP contribution in [0.1, 0.15) is 0 Å². The highest BCUT2D eigenvalue weighted by Gasteiger charge is 2.16. The molecule has 0 saturated carbocycles. The molecular formula is C14H11N3O3S. The minimum Gasteiger partial charge on any atom is -0.267 e. The molecule has 0 N–H and O–H groups in total. The van der Waals surface area contributed by atoms with Gasteiger partial charge in [-0.1, -0.05) is 29.5 Å². The first kappa shape index (κ1) is 13.4. The van der Waals surface area contributed by atoms with E-state index in [9.17, 15) is 13.2 Å². The topological polar surface area (TPSA) is 81.9 Å². The molecule has 21 heavy (non-hydrogen) atoms. The van der Waals surface area contributed by atoms with Crippen LogP contribution in [0.15, 0.2) is 58.2 Å². The number of sulfone groups is 1. The SMILES string of the molecule is CS(=O)(=O)c1ccccc1-n1nnc2ccccc2c1=O. The zero-order valence-electron chi connectivity index (χ0n) is 11.1. The Bertz CT molecular complexity index is 994. The molecule has 6 nitrogen and oxygen atoms in total. The van der Waals surface area contributed by atoms with Gasteiger partial charge in [-0.3, -0.25) is 4.79 Å². The van der Waals surface area contributed by atoms with E-state index in [-0.39, 0.29) is 10.6 Å². The molecule has 0 atom stereocenters. The lowest BCUT2D eigenvalue weighted by atomic mass is 10.2. The second-order valence-corrected chi connectivity index (χ2v) is 6.55. The van der Waals surface area contributed by atoms with Gasteiger partial charge in [0, 0.05) is 6.26 Å². The summed E-state index contributed by atoms with van der Waals surface area (Å²) in [5.41, 5.74) is 0.260. The van der Waals surface area contributed by atoms with E-state index >= 15 is 0 Å². The summed E-state index contributed by atoms with van der Waals surface area (Å²) in [6.45, 7) is 0. The Morgan fingerprint density at radius 2 is 1.67 bits per heavy atom. The Labute approximate surface area is 120 Å². The molecule has 0 fully saturated rings. The predicted molar refractivity (Wildman–Crippen MR) is 78.2 cm³/mol. The lowest BCUT2D eigenvalue weighted by molar-refractivity contribution is 0.599. The van der Waals surface area contributed by atoms with Gasteiger partial charge in [0.05, 0.1) is 16.0 Å². The maximum Gasteiger partial charge on any atom is 0.282 e. The summed E-state index contributed by atoms with van der Waals surface area (Å²) in [5.74, 6) is 0. The number of hydrogen-bond acceptors (Lipinski definition) is 5. The standard InChI is InChI=1S/C14H11N3O3S/c1-21(19,20)13-9-5-4-8-12(13)17-14(18)10-6-2-3-7-11(10)15-16-17/h2-9H,1H3. The quantitative estimate of drug-likeness (QED) is 0.710. The van der Waals surface area contributed by atoms with Gasteiger partial charge in [0.2, 0.25) is 0 Å². The van der Waals surface area contributed by atoms with Crippen molar-refractivity contribution in [1.29, 1.82) is 0 Å². The van der Waals surface area contributed by atoms with Crippen molar-refractivity contribution in [2.45, 2.75) is 4.90 Å².